The minimum absolute atomic E-state index is 0.0125. The van der Waals surface area contributed by atoms with Crippen LogP contribution >= 0.6 is 11.3 Å². The molecule has 1 saturated heterocycles. The van der Waals surface area contributed by atoms with Crippen LogP contribution in [0, 0.1) is 13.8 Å². The fourth-order valence-corrected chi connectivity index (χ4v) is 4.16. The predicted molar refractivity (Wildman–Crippen MR) is 88.2 cm³/mol. The van der Waals surface area contributed by atoms with Gasteiger partial charge in [-0.15, -0.1) is 11.3 Å². The Kier molecular flexibility index (Phi) is 4.13. The number of aryl methyl sites for hydroxylation is 2. The fourth-order valence-electron chi connectivity index (χ4n) is 3.12. The van der Waals surface area contributed by atoms with Gasteiger partial charge in [-0.1, -0.05) is 12.8 Å². The van der Waals surface area contributed by atoms with Crippen molar-refractivity contribution < 1.29 is 0 Å². The second-order valence-corrected chi connectivity index (χ2v) is 7.24. The number of H-pyrrole nitrogens is 1. The number of nitrogens with zero attached hydrogens (tertiary/aromatic N) is 2. The van der Waals surface area contributed by atoms with Crippen LogP contribution in [0.15, 0.2) is 4.79 Å². The van der Waals surface area contributed by atoms with E-state index in [1.54, 1.807) is 11.3 Å². The van der Waals surface area contributed by atoms with Crippen LogP contribution in [0.5, 0.6) is 0 Å². The number of thiophene rings is 1. The lowest BCUT2D eigenvalue weighted by molar-refractivity contribution is 0.211. The van der Waals surface area contributed by atoms with Crippen molar-refractivity contribution in [2.24, 2.45) is 0 Å². The molecule has 0 saturated carbocycles. The van der Waals surface area contributed by atoms with Crippen LogP contribution in [0.1, 0.15) is 54.9 Å². The third kappa shape index (κ3) is 2.77. The third-order valence-corrected chi connectivity index (χ3v) is 5.74. The first kappa shape index (κ1) is 14.7. The Morgan fingerprint density at radius 3 is 2.52 bits per heavy atom. The summed E-state index contributed by atoms with van der Waals surface area (Å²) in [5.74, 6) is 0.815. The molecule has 1 aliphatic heterocycles. The Balaban J connectivity index is 1.98. The van der Waals surface area contributed by atoms with Gasteiger partial charge in [0.25, 0.3) is 5.56 Å². The summed E-state index contributed by atoms with van der Waals surface area (Å²) in [7, 11) is 0. The highest BCUT2D eigenvalue weighted by atomic mass is 32.1. The summed E-state index contributed by atoms with van der Waals surface area (Å²) in [5, 5.41) is 0.768. The topological polar surface area (TPSA) is 49.0 Å². The minimum atomic E-state index is 0.0125. The number of fused-ring (bicyclic) bond motifs is 1. The molecule has 2 aromatic heterocycles. The standard InChI is InChI=1S/C16H23N3OS/c1-10-12(3)21-16-13(10)15(20)17-14(18-16)11(2)19-8-6-4-5-7-9-19/h11H,4-9H2,1-3H3,(H,17,18,20). The smallest absolute Gasteiger partial charge is 0.259 e. The van der Waals surface area contributed by atoms with E-state index in [4.69, 9.17) is 4.98 Å². The molecule has 4 nitrogen and oxygen atoms in total. The first-order chi connectivity index (χ1) is 10.1. The second-order valence-electron chi connectivity index (χ2n) is 6.04. The van der Waals surface area contributed by atoms with E-state index >= 15 is 0 Å². The van der Waals surface area contributed by atoms with Crippen molar-refractivity contribution in [2.45, 2.75) is 52.5 Å². The second kappa shape index (κ2) is 5.89. The van der Waals surface area contributed by atoms with Crippen LogP contribution in [0.4, 0.5) is 0 Å². The number of nitrogens with one attached hydrogen (secondary N) is 1. The van der Waals surface area contributed by atoms with Crippen molar-refractivity contribution in [2.75, 3.05) is 13.1 Å². The normalized spacial score (nSPS) is 18.8. The maximum absolute atomic E-state index is 12.4. The molecule has 1 N–H and O–H groups in total. The van der Waals surface area contributed by atoms with Crippen LogP contribution in [0.3, 0.4) is 0 Å². The maximum atomic E-state index is 12.4. The van der Waals surface area contributed by atoms with Gasteiger partial charge >= 0.3 is 0 Å². The molecule has 1 atom stereocenters. The van der Waals surface area contributed by atoms with Crippen molar-refractivity contribution in [1.82, 2.24) is 14.9 Å². The van der Waals surface area contributed by atoms with E-state index in [1.165, 1.54) is 30.6 Å². The monoisotopic (exact) mass is 305 g/mol. The summed E-state index contributed by atoms with van der Waals surface area (Å²) >= 11 is 1.63. The van der Waals surface area contributed by atoms with Gasteiger partial charge in [0, 0.05) is 4.88 Å². The quantitative estimate of drug-likeness (QED) is 0.923. The average Bonchev–Trinajstić information content (AvgIpc) is 2.67. The summed E-state index contributed by atoms with van der Waals surface area (Å²) in [5.41, 5.74) is 1.08. The molecule has 1 aliphatic rings. The average molecular weight is 305 g/mol. The van der Waals surface area contributed by atoms with E-state index < -0.39 is 0 Å². The Bertz CT molecular complexity index is 695. The van der Waals surface area contributed by atoms with Crippen LogP contribution in [-0.4, -0.2) is 28.0 Å². The minimum Gasteiger partial charge on any atom is -0.309 e. The lowest BCUT2D eigenvalue weighted by Crippen LogP contribution is -2.30. The van der Waals surface area contributed by atoms with Crippen molar-refractivity contribution in [3.05, 3.63) is 26.6 Å². The lowest BCUT2D eigenvalue weighted by Gasteiger charge is -2.26. The predicted octanol–water partition coefficient (Wildman–Crippen LogP) is 3.54. The number of likely N-dealkylation sites (tertiary alicyclic amines) is 1. The van der Waals surface area contributed by atoms with E-state index in [1.807, 2.05) is 6.92 Å². The van der Waals surface area contributed by atoms with Gasteiger partial charge in [0.2, 0.25) is 0 Å². The summed E-state index contributed by atoms with van der Waals surface area (Å²) in [6.45, 7) is 8.42. The Labute approximate surface area is 129 Å². The Hall–Kier alpha value is -1.20. The number of rotatable bonds is 2. The highest BCUT2D eigenvalue weighted by Crippen LogP contribution is 2.28. The molecule has 3 rings (SSSR count). The Morgan fingerprint density at radius 1 is 1.19 bits per heavy atom. The van der Waals surface area contributed by atoms with E-state index in [0.29, 0.717) is 0 Å². The van der Waals surface area contributed by atoms with Crippen LogP contribution in [-0.2, 0) is 0 Å². The summed E-state index contributed by atoms with van der Waals surface area (Å²) in [4.78, 5) is 24.7. The van der Waals surface area contributed by atoms with Crippen LogP contribution < -0.4 is 5.56 Å². The van der Waals surface area contributed by atoms with Gasteiger partial charge in [0.1, 0.15) is 10.7 Å². The molecular weight excluding hydrogens is 282 g/mol. The fraction of sp³-hybridized carbons (Fsp3) is 0.625. The van der Waals surface area contributed by atoms with E-state index in [9.17, 15) is 4.79 Å². The lowest BCUT2D eigenvalue weighted by atomic mass is 10.2. The largest absolute Gasteiger partial charge is 0.309 e. The van der Waals surface area contributed by atoms with Gasteiger partial charge in [-0.05, 0) is 52.3 Å². The molecule has 0 aliphatic carbocycles. The summed E-state index contributed by atoms with van der Waals surface area (Å²) in [6.07, 6.45) is 5.12. The SMILES string of the molecule is Cc1sc2nc(C(C)N3CCCCCC3)[nH]c(=O)c2c1C. The molecule has 0 radical (unpaired) electrons. The zero-order valence-electron chi connectivity index (χ0n) is 13.0. The van der Waals surface area contributed by atoms with E-state index in [0.717, 1.165) is 34.7 Å². The van der Waals surface area contributed by atoms with E-state index in [2.05, 4.69) is 23.7 Å². The molecule has 3 heterocycles. The summed E-state index contributed by atoms with van der Waals surface area (Å²) in [6, 6.07) is 0.183. The molecule has 0 aromatic carbocycles. The van der Waals surface area contributed by atoms with Crippen LogP contribution in [0.25, 0.3) is 10.2 Å². The molecule has 1 unspecified atom stereocenters. The van der Waals surface area contributed by atoms with Gasteiger partial charge in [0.05, 0.1) is 11.4 Å². The van der Waals surface area contributed by atoms with Crippen molar-refractivity contribution in [3.8, 4) is 0 Å². The zero-order valence-corrected chi connectivity index (χ0v) is 13.8. The third-order valence-electron chi connectivity index (χ3n) is 4.64. The Morgan fingerprint density at radius 2 is 1.86 bits per heavy atom. The van der Waals surface area contributed by atoms with Gasteiger partial charge in [-0.2, -0.15) is 0 Å². The zero-order chi connectivity index (χ0) is 15.0. The van der Waals surface area contributed by atoms with Gasteiger partial charge in [0.15, 0.2) is 0 Å². The molecular formula is C16H23N3OS. The first-order valence-electron chi connectivity index (χ1n) is 7.82. The molecule has 0 bridgehead atoms. The first-order valence-corrected chi connectivity index (χ1v) is 8.63. The number of aromatic nitrogens is 2. The molecule has 114 valence electrons. The maximum Gasteiger partial charge on any atom is 0.259 e. The van der Waals surface area contributed by atoms with E-state index in [-0.39, 0.29) is 11.6 Å². The van der Waals surface area contributed by atoms with Gasteiger partial charge in [-0.3, -0.25) is 9.69 Å². The molecule has 0 amide bonds. The number of hydrogen-bond donors (Lipinski definition) is 1. The van der Waals surface area contributed by atoms with Gasteiger partial charge < -0.3 is 4.98 Å². The molecule has 0 spiro atoms. The number of hydrogen-bond acceptors (Lipinski definition) is 4. The van der Waals surface area contributed by atoms with Crippen molar-refractivity contribution in [1.29, 1.82) is 0 Å². The van der Waals surface area contributed by atoms with Crippen molar-refractivity contribution in [3.63, 3.8) is 0 Å². The molecule has 1 fully saturated rings. The number of aromatic amines is 1. The highest BCUT2D eigenvalue weighted by Gasteiger charge is 2.21. The highest BCUT2D eigenvalue weighted by molar-refractivity contribution is 7.18. The molecule has 2 aromatic rings. The molecule has 5 heteroatoms. The van der Waals surface area contributed by atoms with Crippen molar-refractivity contribution >= 4 is 21.6 Å². The summed E-state index contributed by atoms with van der Waals surface area (Å²) < 4.78 is 0. The molecule has 21 heavy (non-hydrogen) atoms. The van der Waals surface area contributed by atoms with Crippen LogP contribution in [0.2, 0.25) is 0 Å². The van der Waals surface area contributed by atoms with Gasteiger partial charge in [-0.25, -0.2) is 4.98 Å².